The fourth-order valence-corrected chi connectivity index (χ4v) is 2.37. The van der Waals surface area contributed by atoms with Crippen LogP contribution in [0.15, 0.2) is 16.9 Å². The highest BCUT2D eigenvalue weighted by atomic mass is 16.5. The van der Waals surface area contributed by atoms with E-state index in [2.05, 4.69) is 30.4 Å². The van der Waals surface area contributed by atoms with Gasteiger partial charge in [0.05, 0.1) is 5.39 Å². The number of pyridine rings is 1. The first kappa shape index (κ1) is 14.4. The Labute approximate surface area is 128 Å². The van der Waals surface area contributed by atoms with Crippen molar-refractivity contribution in [3.05, 3.63) is 35.4 Å². The van der Waals surface area contributed by atoms with Gasteiger partial charge in [0.1, 0.15) is 12.1 Å². The molecule has 0 saturated carbocycles. The van der Waals surface area contributed by atoms with Crippen LogP contribution in [0.3, 0.4) is 0 Å². The number of anilines is 1. The molecule has 0 unspecified atom stereocenters. The number of hydrogen-bond donors (Lipinski definition) is 1. The van der Waals surface area contributed by atoms with Crippen LogP contribution in [-0.4, -0.2) is 31.6 Å². The Morgan fingerprint density at radius 1 is 1.18 bits per heavy atom. The summed E-state index contributed by atoms with van der Waals surface area (Å²) in [4.78, 5) is 17.3. The van der Waals surface area contributed by atoms with Gasteiger partial charge in [-0.2, -0.15) is 4.98 Å². The van der Waals surface area contributed by atoms with E-state index in [1.165, 1.54) is 6.33 Å². The number of aromatic nitrogens is 5. The maximum absolute atomic E-state index is 5.09. The summed E-state index contributed by atoms with van der Waals surface area (Å²) in [5.74, 6) is 2.15. The lowest BCUT2D eigenvalue weighted by Crippen LogP contribution is -2.09. The summed E-state index contributed by atoms with van der Waals surface area (Å²) in [6.45, 7) is 6.66. The Hall–Kier alpha value is -2.57. The number of aryl methyl sites for hydroxylation is 3. The SMILES string of the molecule is CCc1nc(CCNc2ncnc3nc(C)cc(C)c23)no1. The van der Waals surface area contributed by atoms with E-state index < -0.39 is 0 Å². The van der Waals surface area contributed by atoms with Crippen LogP contribution in [0.1, 0.15) is 29.9 Å². The van der Waals surface area contributed by atoms with Crippen molar-refractivity contribution in [2.75, 3.05) is 11.9 Å². The van der Waals surface area contributed by atoms with E-state index in [0.29, 0.717) is 30.3 Å². The van der Waals surface area contributed by atoms with E-state index >= 15 is 0 Å². The zero-order valence-corrected chi connectivity index (χ0v) is 12.9. The minimum atomic E-state index is 0.665. The monoisotopic (exact) mass is 298 g/mol. The van der Waals surface area contributed by atoms with Crippen LogP contribution in [0.2, 0.25) is 0 Å². The van der Waals surface area contributed by atoms with Gasteiger partial charge >= 0.3 is 0 Å². The van der Waals surface area contributed by atoms with Gasteiger partial charge in [-0.25, -0.2) is 15.0 Å². The molecule has 3 aromatic rings. The van der Waals surface area contributed by atoms with Crippen LogP contribution in [0, 0.1) is 13.8 Å². The predicted molar refractivity (Wildman–Crippen MR) is 82.7 cm³/mol. The summed E-state index contributed by atoms with van der Waals surface area (Å²) in [6.07, 6.45) is 2.95. The molecule has 0 radical (unpaired) electrons. The zero-order valence-electron chi connectivity index (χ0n) is 12.9. The van der Waals surface area contributed by atoms with Crippen molar-refractivity contribution in [3.63, 3.8) is 0 Å². The van der Waals surface area contributed by atoms with Gasteiger partial charge in [-0.15, -0.1) is 0 Å². The molecule has 3 heterocycles. The van der Waals surface area contributed by atoms with E-state index in [4.69, 9.17) is 4.52 Å². The minimum absolute atomic E-state index is 0.665. The standard InChI is InChI=1S/C15H18N6O/c1-4-12-20-11(21-22-12)5-6-16-14-13-9(2)7-10(3)19-15(13)18-8-17-14/h7-8H,4-6H2,1-3H3,(H,16,17,18,19). The third kappa shape index (κ3) is 2.88. The Kier molecular flexibility index (Phi) is 3.95. The summed E-state index contributed by atoms with van der Waals surface area (Å²) in [5.41, 5.74) is 2.77. The maximum Gasteiger partial charge on any atom is 0.226 e. The highest BCUT2D eigenvalue weighted by Gasteiger charge is 2.09. The second-order valence-corrected chi connectivity index (χ2v) is 5.14. The molecular formula is C15H18N6O. The summed E-state index contributed by atoms with van der Waals surface area (Å²) in [5, 5.41) is 8.20. The Bertz CT molecular complexity index is 798. The van der Waals surface area contributed by atoms with Crippen molar-refractivity contribution >= 4 is 16.9 Å². The Morgan fingerprint density at radius 2 is 2.05 bits per heavy atom. The number of nitrogens with one attached hydrogen (secondary N) is 1. The van der Waals surface area contributed by atoms with E-state index in [9.17, 15) is 0 Å². The van der Waals surface area contributed by atoms with Crippen LogP contribution < -0.4 is 5.32 Å². The quantitative estimate of drug-likeness (QED) is 0.772. The topological polar surface area (TPSA) is 89.6 Å². The third-order valence-electron chi connectivity index (χ3n) is 3.38. The molecule has 0 aliphatic carbocycles. The molecule has 0 aliphatic rings. The lowest BCUT2D eigenvalue weighted by molar-refractivity contribution is 0.377. The maximum atomic E-state index is 5.09. The largest absolute Gasteiger partial charge is 0.369 e. The van der Waals surface area contributed by atoms with Gasteiger partial charge in [-0.05, 0) is 25.5 Å². The minimum Gasteiger partial charge on any atom is -0.369 e. The summed E-state index contributed by atoms with van der Waals surface area (Å²) < 4.78 is 5.09. The number of nitrogens with zero attached hydrogens (tertiary/aromatic N) is 5. The Balaban J connectivity index is 1.76. The smallest absolute Gasteiger partial charge is 0.226 e. The lowest BCUT2D eigenvalue weighted by atomic mass is 10.1. The van der Waals surface area contributed by atoms with Gasteiger partial charge in [-0.3, -0.25) is 0 Å². The Morgan fingerprint density at radius 3 is 2.82 bits per heavy atom. The normalized spacial score (nSPS) is 11.0. The van der Waals surface area contributed by atoms with Crippen LogP contribution in [0.4, 0.5) is 5.82 Å². The number of rotatable bonds is 5. The van der Waals surface area contributed by atoms with Crippen LogP contribution in [0.25, 0.3) is 11.0 Å². The van der Waals surface area contributed by atoms with Gasteiger partial charge in [0.2, 0.25) is 5.89 Å². The second kappa shape index (κ2) is 6.05. The van der Waals surface area contributed by atoms with Gasteiger partial charge in [-0.1, -0.05) is 12.1 Å². The molecule has 7 heteroatoms. The molecule has 7 nitrogen and oxygen atoms in total. The third-order valence-corrected chi connectivity index (χ3v) is 3.38. The van der Waals surface area contributed by atoms with Gasteiger partial charge in [0, 0.05) is 25.1 Å². The van der Waals surface area contributed by atoms with Crippen molar-refractivity contribution in [3.8, 4) is 0 Å². The number of fused-ring (bicyclic) bond motifs is 1. The molecule has 0 fully saturated rings. The van der Waals surface area contributed by atoms with Crippen molar-refractivity contribution in [2.24, 2.45) is 0 Å². The molecule has 0 aromatic carbocycles. The average Bonchev–Trinajstić information content (AvgIpc) is 2.94. The molecule has 0 amide bonds. The first-order valence-electron chi connectivity index (χ1n) is 7.31. The average molecular weight is 298 g/mol. The molecule has 0 spiro atoms. The van der Waals surface area contributed by atoms with E-state index in [1.807, 2.05) is 26.8 Å². The molecular weight excluding hydrogens is 280 g/mol. The molecule has 3 aromatic heterocycles. The number of hydrogen-bond acceptors (Lipinski definition) is 7. The van der Waals surface area contributed by atoms with Gasteiger partial charge in [0.25, 0.3) is 0 Å². The van der Waals surface area contributed by atoms with Crippen LogP contribution in [0.5, 0.6) is 0 Å². The van der Waals surface area contributed by atoms with E-state index in [-0.39, 0.29) is 0 Å². The molecule has 1 N–H and O–H groups in total. The lowest BCUT2D eigenvalue weighted by Gasteiger charge is -2.09. The fraction of sp³-hybridized carbons (Fsp3) is 0.400. The summed E-state index contributed by atoms with van der Waals surface area (Å²) >= 11 is 0. The van der Waals surface area contributed by atoms with Crippen LogP contribution in [-0.2, 0) is 12.8 Å². The predicted octanol–water partition coefficient (Wildman–Crippen LogP) is 2.24. The first-order valence-corrected chi connectivity index (χ1v) is 7.31. The second-order valence-electron chi connectivity index (χ2n) is 5.14. The highest BCUT2D eigenvalue weighted by Crippen LogP contribution is 2.22. The molecule has 0 aliphatic heterocycles. The molecule has 0 bridgehead atoms. The molecule has 114 valence electrons. The van der Waals surface area contributed by atoms with Crippen molar-refractivity contribution in [1.82, 2.24) is 25.1 Å². The van der Waals surface area contributed by atoms with Gasteiger partial charge < -0.3 is 9.84 Å². The summed E-state index contributed by atoms with van der Waals surface area (Å²) in [6, 6.07) is 2.03. The molecule has 22 heavy (non-hydrogen) atoms. The molecule has 0 atom stereocenters. The zero-order chi connectivity index (χ0) is 15.5. The van der Waals surface area contributed by atoms with Crippen molar-refractivity contribution in [2.45, 2.75) is 33.6 Å². The van der Waals surface area contributed by atoms with Crippen LogP contribution >= 0.6 is 0 Å². The molecule has 0 saturated heterocycles. The van der Waals surface area contributed by atoms with Crippen molar-refractivity contribution < 1.29 is 4.52 Å². The highest BCUT2D eigenvalue weighted by molar-refractivity contribution is 5.89. The first-order chi connectivity index (χ1) is 10.7. The molecule has 3 rings (SSSR count). The summed E-state index contributed by atoms with van der Waals surface area (Å²) in [7, 11) is 0. The van der Waals surface area contributed by atoms with Gasteiger partial charge in [0.15, 0.2) is 11.5 Å². The van der Waals surface area contributed by atoms with E-state index in [0.717, 1.165) is 28.9 Å². The van der Waals surface area contributed by atoms with E-state index in [1.54, 1.807) is 0 Å². The van der Waals surface area contributed by atoms with Crippen molar-refractivity contribution in [1.29, 1.82) is 0 Å². The fourth-order valence-electron chi connectivity index (χ4n) is 2.37.